The van der Waals surface area contributed by atoms with Gasteiger partial charge in [-0.05, 0) is 31.0 Å². The van der Waals surface area contributed by atoms with Crippen LogP contribution in [0.25, 0.3) is 0 Å². The maximum atomic E-state index is 14.0. The summed E-state index contributed by atoms with van der Waals surface area (Å²) in [6.07, 6.45) is -4.64. The molecule has 0 radical (unpaired) electrons. The van der Waals surface area contributed by atoms with Gasteiger partial charge in [-0.1, -0.05) is 28.1 Å². The fourth-order valence-corrected chi connectivity index (χ4v) is 4.30. The first-order valence-corrected chi connectivity index (χ1v) is 10.6. The number of rotatable bonds is 3. The fraction of sp³-hybridized carbons (Fsp3) is 0.500. The lowest BCUT2D eigenvalue weighted by Gasteiger charge is -2.43. The Kier molecular flexibility index (Phi) is 5.80. The van der Waals surface area contributed by atoms with Gasteiger partial charge in [0, 0.05) is 30.2 Å². The number of morpholine rings is 1. The Morgan fingerprint density at radius 1 is 1.17 bits per heavy atom. The Balaban J connectivity index is 1.81. The van der Waals surface area contributed by atoms with E-state index in [9.17, 15) is 18.0 Å². The standard InChI is InChI=1S/C20H22BrF3N4O2/c1-13(14-2-4-15(21)5-3-14)28-16(20(22,23)24)6-7-27-18(29)12-17(25-19(27)28)26-8-10-30-11-9-26/h2-5,12-13,16H,6-11H2,1H3/t13?,16-/m0/s1. The first-order valence-electron chi connectivity index (χ1n) is 9.81. The normalized spacial score (nSPS) is 20.8. The Hall–Kier alpha value is -2.07. The minimum atomic E-state index is -4.44. The molecule has 0 aliphatic carbocycles. The summed E-state index contributed by atoms with van der Waals surface area (Å²) in [7, 11) is 0. The highest BCUT2D eigenvalue weighted by Gasteiger charge is 2.48. The van der Waals surface area contributed by atoms with Crippen LogP contribution >= 0.6 is 15.9 Å². The van der Waals surface area contributed by atoms with Crippen LogP contribution in [0.4, 0.5) is 24.9 Å². The van der Waals surface area contributed by atoms with Crippen LogP contribution in [0.3, 0.4) is 0 Å². The van der Waals surface area contributed by atoms with Crippen molar-refractivity contribution >= 4 is 27.7 Å². The highest BCUT2D eigenvalue weighted by molar-refractivity contribution is 9.10. The molecule has 3 heterocycles. The third kappa shape index (κ3) is 4.07. The van der Waals surface area contributed by atoms with E-state index in [0.29, 0.717) is 37.7 Å². The quantitative estimate of drug-likeness (QED) is 0.661. The van der Waals surface area contributed by atoms with Crippen molar-refractivity contribution in [3.8, 4) is 0 Å². The van der Waals surface area contributed by atoms with Gasteiger partial charge in [0.15, 0.2) is 0 Å². The second-order valence-corrected chi connectivity index (χ2v) is 8.40. The van der Waals surface area contributed by atoms with Crippen molar-refractivity contribution in [2.75, 3.05) is 36.1 Å². The van der Waals surface area contributed by atoms with Crippen LogP contribution in [0.2, 0.25) is 0 Å². The van der Waals surface area contributed by atoms with Crippen molar-refractivity contribution in [2.45, 2.75) is 38.1 Å². The number of hydrogen-bond acceptors (Lipinski definition) is 5. The molecule has 2 aliphatic rings. The molecule has 2 aliphatic heterocycles. The fourth-order valence-electron chi connectivity index (χ4n) is 4.04. The second kappa shape index (κ2) is 8.22. The van der Waals surface area contributed by atoms with E-state index in [0.717, 1.165) is 4.47 Å². The summed E-state index contributed by atoms with van der Waals surface area (Å²) in [6.45, 7) is 3.76. The van der Waals surface area contributed by atoms with E-state index in [1.165, 1.54) is 15.5 Å². The average molecular weight is 487 g/mol. The van der Waals surface area contributed by atoms with E-state index >= 15 is 0 Å². The first-order chi connectivity index (χ1) is 14.3. The summed E-state index contributed by atoms with van der Waals surface area (Å²) in [6, 6.07) is 6.22. The molecular formula is C20H22BrF3N4O2. The molecule has 4 rings (SSSR count). The predicted molar refractivity (Wildman–Crippen MR) is 111 cm³/mol. The summed E-state index contributed by atoms with van der Waals surface area (Å²) in [5.74, 6) is 0.457. The highest BCUT2D eigenvalue weighted by atomic mass is 79.9. The van der Waals surface area contributed by atoms with E-state index < -0.39 is 18.3 Å². The molecule has 1 aromatic carbocycles. The largest absolute Gasteiger partial charge is 0.408 e. The molecule has 0 bridgehead atoms. The monoisotopic (exact) mass is 486 g/mol. The van der Waals surface area contributed by atoms with Crippen molar-refractivity contribution in [2.24, 2.45) is 0 Å². The third-order valence-electron chi connectivity index (χ3n) is 5.65. The summed E-state index contributed by atoms with van der Waals surface area (Å²) in [4.78, 5) is 20.5. The molecule has 2 aromatic rings. The zero-order chi connectivity index (χ0) is 21.5. The van der Waals surface area contributed by atoms with Crippen LogP contribution in [0, 0.1) is 0 Å². The van der Waals surface area contributed by atoms with E-state index in [2.05, 4.69) is 20.9 Å². The Labute approximate surface area is 180 Å². The van der Waals surface area contributed by atoms with Crippen LogP contribution in [0.1, 0.15) is 24.9 Å². The van der Waals surface area contributed by atoms with E-state index in [1.54, 1.807) is 31.2 Å². The zero-order valence-corrected chi connectivity index (χ0v) is 18.0. The van der Waals surface area contributed by atoms with Gasteiger partial charge < -0.3 is 14.5 Å². The van der Waals surface area contributed by atoms with Gasteiger partial charge in [0.25, 0.3) is 5.56 Å². The summed E-state index contributed by atoms with van der Waals surface area (Å²) in [5.41, 5.74) is 0.377. The SMILES string of the molecule is CC(c1ccc(Br)cc1)N1c2nc(N3CCOCC3)cc(=O)n2CC[C@H]1C(F)(F)F. The lowest BCUT2D eigenvalue weighted by Crippen LogP contribution is -2.53. The van der Waals surface area contributed by atoms with Gasteiger partial charge >= 0.3 is 6.18 Å². The average Bonchev–Trinajstić information content (AvgIpc) is 2.73. The number of nitrogens with zero attached hydrogens (tertiary/aromatic N) is 4. The summed E-state index contributed by atoms with van der Waals surface area (Å²) < 4.78 is 49.5. The maximum Gasteiger partial charge on any atom is 0.408 e. The van der Waals surface area contributed by atoms with Gasteiger partial charge in [-0.2, -0.15) is 18.2 Å². The van der Waals surface area contributed by atoms with Crippen LogP contribution in [-0.4, -0.2) is 48.1 Å². The van der Waals surface area contributed by atoms with Crippen LogP contribution < -0.4 is 15.4 Å². The van der Waals surface area contributed by atoms with Crippen molar-refractivity contribution < 1.29 is 17.9 Å². The molecule has 10 heteroatoms. The number of benzene rings is 1. The molecule has 1 fully saturated rings. The molecule has 0 spiro atoms. The zero-order valence-electron chi connectivity index (χ0n) is 16.4. The van der Waals surface area contributed by atoms with Gasteiger partial charge in [-0.25, -0.2) is 0 Å². The highest BCUT2D eigenvalue weighted by Crippen LogP contribution is 2.39. The molecule has 1 saturated heterocycles. The van der Waals surface area contributed by atoms with Gasteiger partial charge in [0.05, 0.1) is 19.3 Å². The Bertz CT molecular complexity index is 958. The molecule has 2 atom stereocenters. The van der Waals surface area contributed by atoms with Crippen LogP contribution in [0.15, 0.2) is 39.6 Å². The third-order valence-corrected chi connectivity index (χ3v) is 6.18. The number of hydrogen-bond donors (Lipinski definition) is 0. The molecule has 30 heavy (non-hydrogen) atoms. The summed E-state index contributed by atoms with van der Waals surface area (Å²) >= 11 is 3.36. The first kappa shape index (κ1) is 21.2. The molecule has 0 saturated carbocycles. The van der Waals surface area contributed by atoms with Crippen LogP contribution in [0.5, 0.6) is 0 Å². The molecule has 1 unspecified atom stereocenters. The van der Waals surface area contributed by atoms with Crippen molar-refractivity contribution in [3.63, 3.8) is 0 Å². The van der Waals surface area contributed by atoms with Gasteiger partial charge in [-0.3, -0.25) is 9.36 Å². The lowest BCUT2D eigenvalue weighted by atomic mass is 10.0. The van der Waals surface area contributed by atoms with Gasteiger partial charge in [0.1, 0.15) is 11.9 Å². The van der Waals surface area contributed by atoms with Crippen LogP contribution in [-0.2, 0) is 11.3 Å². The predicted octanol–water partition coefficient (Wildman–Crippen LogP) is 3.74. The lowest BCUT2D eigenvalue weighted by molar-refractivity contribution is -0.154. The molecular weight excluding hydrogens is 465 g/mol. The topological polar surface area (TPSA) is 50.6 Å². The van der Waals surface area contributed by atoms with Crippen molar-refractivity contribution in [1.82, 2.24) is 9.55 Å². The Morgan fingerprint density at radius 2 is 1.83 bits per heavy atom. The van der Waals surface area contributed by atoms with Crippen molar-refractivity contribution in [3.05, 3.63) is 50.7 Å². The number of halogens is 4. The number of anilines is 2. The number of fused-ring (bicyclic) bond motifs is 1. The maximum absolute atomic E-state index is 14.0. The number of alkyl halides is 3. The van der Waals surface area contributed by atoms with E-state index in [4.69, 9.17) is 4.74 Å². The van der Waals surface area contributed by atoms with E-state index in [1.807, 2.05) is 4.90 Å². The molecule has 0 amide bonds. The van der Waals surface area contributed by atoms with Crippen molar-refractivity contribution in [1.29, 1.82) is 0 Å². The Morgan fingerprint density at radius 3 is 2.47 bits per heavy atom. The number of aromatic nitrogens is 2. The molecule has 1 aromatic heterocycles. The number of ether oxygens (including phenoxy) is 1. The smallest absolute Gasteiger partial charge is 0.378 e. The second-order valence-electron chi connectivity index (χ2n) is 7.48. The molecule has 162 valence electrons. The van der Waals surface area contributed by atoms with E-state index in [-0.39, 0.29) is 24.5 Å². The molecule has 0 N–H and O–H groups in total. The summed E-state index contributed by atoms with van der Waals surface area (Å²) in [5, 5.41) is 0. The van der Waals surface area contributed by atoms with Gasteiger partial charge in [-0.15, -0.1) is 0 Å². The minimum Gasteiger partial charge on any atom is -0.378 e. The molecule has 6 nitrogen and oxygen atoms in total. The minimum absolute atomic E-state index is 0.0156. The van der Waals surface area contributed by atoms with Gasteiger partial charge in [0.2, 0.25) is 5.95 Å².